The first kappa shape index (κ1) is 9.70. The fourth-order valence-corrected chi connectivity index (χ4v) is 0.940. The molecule has 1 nitrogen and oxygen atoms in total. The van der Waals surface area contributed by atoms with Crippen molar-refractivity contribution in [2.75, 3.05) is 0 Å². The SMILES string of the molecule is C=C(CCC)[C@H](O)C(C)C. The molecule has 0 saturated heterocycles. The summed E-state index contributed by atoms with van der Waals surface area (Å²) in [4.78, 5) is 0. The minimum Gasteiger partial charge on any atom is -0.389 e. The summed E-state index contributed by atoms with van der Waals surface area (Å²) in [5.41, 5.74) is 0.970. The Balaban J connectivity index is 3.71. The third kappa shape index (κ3) is 3.02. The zero-order valence-corrected chi connectivity index (χ0v) is 7.22. The van der Waals surface area contributed by atoms with E-state index in [0.29, 0.717) is 5.92 Å². The second-order valence-corrected chi connectivity index (χ2v) is 3.10. The highest BCUT2D eigenvalue weighted by Crippen LogP contribution is 2.14. The molecule has 0 fully saturated rings. The Labute approximate surface area is 63.8 Å². The van der Waals surface area contributed by atoms with E-state index in [1.807, 2.05) is 13.8 Å². The van der Waals surface area contributed by atoms with Crippen molar-refractivity contribution in [3.63, 3.8) is 0 Å². The Morgan fingerprint density at radius 3 is 2.30 bits per heavy atom. The van der Waals surface area contributed by atoms with Crippen LogP contribution in [-0.2, 0) is 0 Å². The van der Waals surface area contributed by atoms with Gasteiger partial charge in [-0.25, -0.2) is 0 Å². The van der Waals surface area contributed by atoms with E-state index in [0.717, 1.165) is 18.4 Å². The Hall–Kier alpha value is -0.300. The van der Waals surface area contributed by atoms with Crippen molar-refractivity contribution < 1.29 is 5.11 Å². The van der Waals surface area contributed by atoms with Gasteiger partial charge in [0.25, 0.3) is 0 Å². The summed E-state index contributed by atoms with van der Waals surface area (Å²) in [6, 6.07) is 0. The largest absolute Gasteiger partial charge is 0.389 e. The van der Waals surface area contributed by atoms with Gasteiger partial charge >= 0.3 is 0 Å². The molecular weight excluding hydrogens is 124 g/mol. The molecular formula is C9H18O. The number of aliphatic hydroxyl groups excluding tert-OH is 1. The lowest BCUT2D eigenvalue weighted by atomic mass is 9.97. The molecule has 0 saturated carbocycles. The molecule has 0 aromatic carbocycles. The van der Waals surface area contributed by atoms with Crippen LogP contribution in [0, 0.1) is 5.92 Å². The van der Waals surface area contributed by atoms with Crippen molar-refractivity contribution in [1.29, 1.82) is 0 Å². The van der Waals surface area contributed by atoms with E-state index in [-0.39, 0.29) is 6.10 Å². The summed E-state index contributed by atoms with van der Waals surface area (Å²) >= 11 is 0. The molecule has 1 atom stereocenters. The van der Waals surface area contributed by atoms with Gasteiger partial charge in [0.2, 0.25) is 0 Å². The molecule has 0 aromatic heterocycles. The molecule has 0 aliphatic carbocycles. The van der Waals surface area contributed by atoms with Crippen LogP contribution >= 0.6 is 0 Å². The van der Waals surface area contributed by atoms with Crippen molar-refractivity contribution in [3.05, 3.63) is 12.2 Å². The predicted molar refractivity (Wildman–Crippen MR) is 44.9 cm³/mol. The van der Waals surface area contributed by atoms with E-state index >= 15 is 0 Å². The first-order valence-corrected chi connectivity index (χ1v) is 3.95. The van der Waals surface area contributed by atoms with Crippen LogP contribution in [0.15, 0.2) is 12.2 Å². The van der Waals surface area contributed by atoms with Gasteiger partial charge in [-0.05, 0) is 17.9 Å². The maximum Gasteiger partial charge on any atom is 0.0770 e. The number of hydrogen-bond donors (Lipinski definition) is 1. The molecule has 0 aliphatic rings. The van der Waals surface area contributed by atoms with E-state index in [1.165, 1.54) is 0 Å². The van der Waals surface area contributed by atoms with Gasteiger partial charge < -0.3 is 5.11 Å². The van der Waals surface area contributed by atoms with Crippen molar-refractivity contribution in [3.8, 4) is 0 Å². The summed E-state index contributed by atoms with van der Waals surface area (Å²) in [5, 5.41) is 9.43. The van der Waals surface area contributed by atoms with E-state index in [4.69, 9.17) is 0 Å². The molecule has 0 amide bonds. The fourth-order valence-electron chi connectivity index (χ4n) is 0.940. The number of hydrogen-bond acceptors (Lipinski definition) is 1. The van der Waals surface area contributed by atoms with Crippen molar-refractivity contribution in [1.82, 2.24) is 0 Å². The second kappa shape index (κ2) is 4.51. The van der Waals surface area contributed by atoms with Crippen LogP contribution in [-0.4, -0.2) is 11.2 Å². The molecule has 10 heavy (non-hydrogen) atoms. The van der Waals surface area contributed by atoms with Crippen LogP contribution in [0.3, 0.4) is 0 Å². The van der Waals surface area contributed by atoms with Gasteiger partial charge in [0.15, 0.2) is 0 Å². The van der Waals surface area contributed by atoms with Gasteiger partial charge in [-0.3, -0.25) is 0 Å². The van der Waals surface area contributed by atoms with E-state index < -0.39 is 0 Å². The van der Waals surface area contributed by atoms with Crippen molar-refractivity contribution in [2.45, 2.75) is 39.7 Å². The van der Waals surface area contributed by atoms with Crippen LogP contribution in [0.5, 0.6) is 0 Å². The summed E-state index contributed by atoms with van der Waals surface area (Å²) in [6.45, 7) is 9.92. The molecule has 0 bridgehead atoms. The number of rotatable bonds is 4. The van der Waals surface area contributed by atoms with Gasteiger partial charge in [0.05, 0.1) is 6.10 Å². The van der Waals surface area contributed by atoms with E-state index in [1.54, 1.807) is 0 Å². The smallest absolute Gasteiger partial charge is 0.0770 e. The van der Waals surface area contributed by atoms with Crippen LogP contribution in [0.2, 0.25) is 0 Å². The average molecular weight is 142 g/mol. The monoisotopic (exact) mass is 142 g/mol. The zero-order chi connectivity index (χ0) is 8.15. The third-order valence-corrected chi connectivity index (χ3v) is 1.62. The topological polar surface area (TPSA) is 20.2 Å². The maximum atomic E-state index is 9.43. The van der Waals surface area contributed by atoms with Crippen LogP contribution in [0.1, 0.15) is 33.6 Å². The lowest BCUT2D eigenvalue weighted by Crippen LogP contribution is -2.16. The minimum atomic E-state index is -0.306. The molecule has 1 N–H and O–H groups in total. The predicted octanol–water partition coefficient (Wildman–Crippen LogP) is 2.36. The van der Waals surface area contributed by atoms with Gasteiger partial charge in [-0.2, -0.15) is 0 Å². The minimum absolute atomic E-state index is 0.305. The van der Waals surface area contributed by atoms with Gasteiger partial charge in [-0.15, -0.1) is 0 Å². The second-order valence-electron chi connectivity index (χ2n) is 3.10. The van der Waals surface area contributed by atoms with Crippen LogP contribution in [0.25, 0.3) is 0 Å². The quantitative estimate of drug-likeness (QED) is 0.597. The Morgan fingerprint density at radius 1 is 1.50 bits per heavy atom. The molecule has 0 heterocycles. The van der Waals surface area contributed by atoms with Crippen LogP contribution in [0.4, 0.5) is 0 Å². The molecule has 0 radical (unpaired) electrons. The molecule has 60 valence electrons. The highest BCUT2D eigenvalue weighted by Gasteiger charge is 2.11. The van der Waals surface area contributed by atoms with Crippen molar-refractivity contribution in [2.24, 2.45) is 5.92 Å². The number of aliphatic hydroxyl groups is 1. The van der Waals surface area contributed by atoms with Gasteiger partial charge in [0, 0.05) is 0 Å². The summed E-state index contributed by atoms with van der Waals surface area (Å²) in [5.74, 6) is 0.305. The van der Waals surface area contributed by atoms with E-state index in [9.17, 15) is 5.11 Å². The summed E-state index contributed by atoms with van der Waals surface area (Å²) in [6.07, 6.45) is 1.71. The standard InChI is InChI=1S/C9H18O/c1-5-6-8(4)9(10)7(2)3/h7,9-10H,4-6H2,1-3H3/t9-/m1/s1. The normalized spacial score (nSPS) is 13.7. The lowest BCUT2D eigenvalue weighted by molar-refractivity contribution is 0.157. The zero-order valence-electron chi connectivity index (χ0n) is 7.22. The molecule has 0 rings (SSSR count). The molecule has 0 spiro atoms. The summed E-state index contributed by atoms with van der Waals surface area (Å²) in [7, 11) is 0. The molecule has 1 heteroatoms. The molecule has 0 aliphatic heterocycles. The Bertz CT molecular complexity index is 105. The Morgan fingerprint density at radius 2 is 2.00 bits per heavy atom. The van der Waals surface area contributed by atoms with E-state index in [2.05, 4.69) is 13.5 Å². The first-order chi connectivity index (χ1) is 4.59. The maximum absolute atomic E-state index is 9.43. The first-order valence-electron chi connectivity index (χ1n) is 3.95. The van der Waals surface area contributed by atoms with Gasteiger partial charge in [0.1, 0.15) is 0 Å². The molecule has 0 aromatic rings. The van der Waals surface area contributed by atoms with Crippen LogP contribution < -0.4 is 0 Å². The fraction of sp³-hybridized carbons (Fsp3) is 0.778. The lowest BCUT2D eigenvalue weighted by Gasteiger charge is -2.16. The Kier molecular flexibility index (Phi) is 4.37. The molecule has 0 unspecified atom stereocenters. The third-order valence-electron chi connectivity index (χ3n) is 1.62. The van der Waals surface area contributed by atoms with Crippen molar-refractivity contribution >= 4 is 0 Å². The summed E-state index contributed by atoms with van der Waals surface area (Å²) < 4.78 is 0. The average Bonchev–Trinajstić information content (AvgIpc) is 1.87. The van der Waals surface area contributed by atoms with Gasteiger partial charge in [-0.1, -0.05) is 33.8 Å². The highest BCUT2D eigenvalue weighted by atomic mass is 16.3. The highest BCUT2D eigenvalue weighted by molar-refractivity contribution is 5.02.